The standard InChI is InChI=1S/C17H29N3O/c1-12(2)9-18-10-14-5-6-16-15(8-14)11-19-17(20-16)7-13(3)21-4/h11-14,18H,5-10H2,1-4H3. The van der Waals surface area contributed by atoms with Gasteiger partial charge in [0.2, 0.25) is 0 Å². The van der Waals surface area contributed by atoms with Gasteiger partial charge in [0.05, 0.1) is 6.10 Å². The van der Waals surface area contributed by atoms with Crippen molar-refractivity contribution in [3.8, 4) is 0 Å². The Morgan fingerprint density at radius 3 is 2.90 bits per heavy atom. The third-order valence-electron chi connectivity index (χ3n) is 4.16. The molecule has 2 rings (SSSR count). The molecule has 4 nitrogen and oxygen atoms in total. The van der Waals surface area contributed by atoms with Crippen molar-refractivity contribution in [2.75, 3.05) is 20.2 Å². The fourth-order valence-corrected chi connectivity index (χ4v) is 2.81. The fraction of sp³-hybridized carbons (Fsp3) is 0.765. The van der Waals surface area contributed by atoms with Crippen LogP contribution in [0.3, 0.4) is 0 Å². The van der Waals surface area contributed by atoms with E-state index in [9.17, 15) is 0 Å². The van der Waals surface area contributed by atoms with Crippen LogP contribution in [0, 0.1) is 11.8 Å². The summed E-state index contributed by atoms with van der Waals surface area (Å²) in [6, 6.07) is 0. The first kappa shape index (κ1) is 16.4. The zero-order chi connectivity index (χ0) is 15.2. The molecule has 1 N–H and O–H groups in total. The van der Waals surface area contributed by atoms with E-state index in [2.05, 4.69) is 31.1 Å². The van der Waals surface area contributed by atoms with E-state index in [1.807, 2.05) is 6.20 Å². The number of nitrogens with zero attached hydrogens (tertiary/aromatic N) is 2. The number of fused-ring (bicyclic) bond motifs is 1. The molecular weight excluding hydrogens is 262 g/mol. The van der Waals surface area contributed by atoms with E-state index in [4.69, 9.17) is 9.72 Å². The average molecular weight is 291 g/mol. The molecule has 0 bridgehead atoms. The molecule has 2 atom stereocenters. The minimum Gasteiger partial charge on any atom is -0.381 e. The third-order valence-corrected chi connectivity index (χ3v) is 4.16. The van der Waals surface area contributed by atoms with E-state index < -0.39 is 0 Å². The Hall–Kier alpha value is -1.00. The van der Waals surface area contributed by atoms with Crippen LogP contribution in [0.25, 0.3) is 0 Å². The number of aryl methyl sites for hydroxylation is 1. The van der Waals surface area contributed by atoms with Gasteiger partial charge in [-0.3, -0.25) is 0 Å². The van der Waals surface area contributed by atoms with Gasteiger partial charge in [-0.15, -0.1) is 0 Å². The lowest BCUT2D eigenvalue weighted by Gasteiger charge is -2.24. The van der Waals surface area contributed by atoms with Crippen molar-refractivity contribution in [3.05, 3.63) is 23.3 Å². The molecule has 0 spiro atoms. The Kier molecular flexibility index (Phi) is 6.12. The molecule has 1 aromatic rings. The summed E-state index contributed by atoms with van der Waals surface area (Å²) in [5, 5.41) is 3.57. The molecule has 1 aliphatic carbocycles. The van der Waals surface area contributed by atoms with Crippen molar-refractivity contribution in [2.24, 2.45) is 11.8 Å². The van der Waals surface area contributed by atoms with Crippen LogP contribution in [0.5, 0.6) is 0 Å². The van der Waals surface area contributed by atoms with Crippen LogP contribution >= 0.6 is 0 Å². The van der Waals surface area contributed by atoms with Gasteiger partial charge in [-0.2, -0.15) is 0 Å². The Morgan fingerprint density at radius 1 is 1.38 bits per heavy atom. The van der Waals surface area contributed by atoms with Crippen LogP contribution in [0.15, 0.2) is 6.20 Å². The van der Waals surface area contributed by atoms with Gasteiger partial charge in [0.15, 0.2) is 0 Å². The smallest absolute Gasteiger partial charge is 0.131 e. The maximum Gasteiger partial charge on any atom is 0.131 e. The summed E-state index contributed by atoms with van der Waals surface area (Å²) in [6.45, 7) is 8.77. The third kappa shape index (κ3) is 5.04. The first-order chi connectivity index (χ1) is 10.1. The zero-order valence-electron chi connectivity index (χ0n) is 13.9. The molecule has 2 unspecified atom stereocenters. The zero-order valence-corrected chi connectivity index (χ0v) is 13.9. The summed E-state index contributed by atoms with van der Waals surface area (Å²) < 4.78 is 5.29. The van der Waals surface area contributed by atoms with Crippen molar-refractivity contribution in [1.29, 1.82) is 0 Å². The van der Waals surface area contributed by atoms with E-state index in [-0.39, 0.29) is 6.10 Å². The van der Waals surface area contributed by atoms with Gasteiger partial charge in [-0.05, 0) is 56.7 Å². The van der Waals surface area contributed by atoms with Crippen LogP contribution in [0.2, 0.25) is 0 Å². The number of hydrogen-bond acceptors (Lipinski definition) is 4. The molecule has 0 radical (unpaired) electrons. The molecule has 0 aromatic carbocycles. The predicted molar refractivity (Wildman–Crippen MR) is 85.4 cm³/mol. The SMILES string of the molecule is COC(C)Cc1ncc2c(n1)CCC(CNCC(C)C)C2. The van der Waals surface area contributed by atoms with Crippen molar-refractivity contribution in [2.45, 2.75) is 52.6 Å². The van der Waals surface area contributed by atoms with Crippen molar-refractivity contribution in [1.82, 2.24) is 15.3 Å². The van der Waals surface area contributed by atoms with Crippen LogP contribution < -0.4 is 5.32 Å². The first-order valence-corrected chi connectivity index (χ1v) is 8.15. The summed E-state index contributed by atoms with van der Waals surface area (Å²) in [5.74, 6) is 2.36. The van der Waals surface area contributed by atoms with Crippen molar-refractivity contribution < 1.29 is 4.74 Å². The summed E-state index contributed by atoms with van der Waals surface area (Å²) >= 11 is 0. The van der Waals surface area contributed by atoms with Gasteiger partial charge in [-0.25, -0.2) is 9.97 Å². The van der Waals surface area contributed by atoms with Gasteiger partial charge in [0.1, 0.15) is 5.82 Å². The number of ether oxygens (including phenoxy) is 1. The van der Waals surface area contributed by atoms with Gasteiger partial charge < -0.3 is 10.1 Å². The normalized spacial score (nSPS) is 19.6. The maximum absolute atomic E-state index is 5.29. The van der Waals surface area contributed by atoms with E-state index in [0.717, 1.165) is 50.0 Å². The predicted octanol–water partition coefficient (Wildman–Crippen LogP) is 2.40. The molecule has 0 saturated carbocycles. The highest BCUT2D eigenvalue weighted by atomic mass is 16.5. The number of methoxy groups -OCH3 is 1. The minimum absolute atomic E-state index is 0.180. The Bertz CT molecular complexity index is 448. The molecule has 0 fully saturated rings. The average Bonchev–Trinajstić information content (AvgIpc) is 2.46. The molecule has 1 aliphatic rings. The van der Waals surface area contributed by atoms with Gasteiger partial charge in [0.25, 0.3) is 0 Å². The van der Waals surface area contributed by atoms with Crippen LogP contribution in [0.1, 0.15) is 44.3 Å². The monoisotopic (exact) mass is 291 g/mol. The lowest BCUT2D eigenvalue weighted by Crippen LogP contribution is -2.30. The highest BCUT2D eigenvalue weighted by Gasteiger charge is 2.20. The Morgan fingerprint density at radius 2 is 2.19 bits per heavy atom. The molecule has 1 heterocycles. The van der Waals surface area contributed by atoms with Gasteiger partial charge >= 0.3 is 0 Å². The second-order valence-corrected chi connectivity index (χ2v) is 6.67. The largest absolute Gasteiger partial charge is 0.381 e. The number of nitrogens with one attached hydrogen (secondary N) is 1. The summed E-state index contributed by atoms with van der Waals surface area (Å²) in [7, 11) is 1.73. The quantitative estimate of drug-likeness (QED) is 0.838. The highest BCUT2D eigenvalue weighted by Crippen LogP contribution is 2.23. The second-order valence-electron chi connectivity index (χ2n) is 6.67. The van der Waals surface area contributed by atoms with E-state index >= 15 is 0 Å². The molecular formula is C17H29N3O. The lowest BCUT2D eigenvalue weighted by molar-refractivity contribution is 0.117. The van der Waals surface area contributed by atoms with E-state index in [0.29, 0.717) is 0 Å². The Balaban J connectivity index is 1.90. The molecule has 4 heteroatoms. The molecule has 0 aliphatic heterocycles. The first-order valence-electron chi connectivity index (χ1n) is 8.15. The topological polar surface area (TPSA) is 47.0 Å². The fourth-order valence-electron chi connectivity index (χ4n) is 2.81. The van der Waals surface area contributed by atoms with Crippen LogP contribution in [-0.4, -0.2) is 36.3 Å². The van der Waals surface area contributed by atoms with E-state index in [1.54, 1.807) is 7.11 Å². The van der Waals surface area contributed by atoms with E-state index in [1.165, 1.54) is 17.7 Å². The van der Waals surface area contributed by atoms with Crippen molar-refractivity contribution >= 4 is 0 Å². The number of rotatable bonds is 7. The molecule has 1 aromatic heterocycles. The minimum atomic E-state index is 0.180. The highest BCUT2D eigenvalue weighted by molar-refractivity contribution is 5.21. The number of aromatic nitrogens is 2. The summed E-state index contributed by atoms with van der Waals surface area (Å²) in [4.78, 5) is 9.24. The summed E-state index contributed by atoms with van der Waals surface area (Å²) in [6.07, 6.45) is 6.44. The molecule has 0 amide bonds. The Labute approximate surface area is 128 Å². The lowest BCUT2D eigenvalue weighted by atomic mass is 9.87. The summed E-state index contributed by atoms with van der Waals surface area (Å²) in [5.41, 5.74) is 2.59. The molecule has 118 valence electrons. The van der Waals surface area contributed by atoms with Crippen LogP contribution in [0.4, 0.5) is 0 Å². The van der Waals surface area contributed by atoms with Gasteiger partial charge in [-0.1, -0.05) is 13.8 Å². The van der Waals surface area contributed by atoms with Crippen molar-refractivity contribution in [3.63, 3.8) is 0 Å². The van der Waals surface area contributed by atoms with Gasteiger partial charge in [0, 0.05) is 25.4 Å². The molecule has 0 saturated heterocycles. The molecule has 21 heavy (non-hydrogen) atoms. The maximum atomic E-state index is 5.29. The van der Waals surface area contributed by atoms with Crippen LogP contribution in [-0.2, 0) is 24.0 Å². The second kappa shape index (κ2) is 7.85. The number of hydrogen-bond donors (Lipinski definition) is 1.